The molecule has 0 radical (unpaired) electrons. The first-order valence-corrected chi connectivity index (χ1v) is 7.13. The lowest BCUT2D eigenvalue weighted by Crippen LogP contribution is -2.47. The van der Waals surface area contributed by atoms with Gasteiger partial charge in [-0.15, -0.1) is 0 Å². The number of rotatable bonds is 4. The van der Waals surface area contributed by atoms with Gasteiger partial charge >= 0.3 is 0 Å². The van der Waals surface area contributed by atoms with Gasteiger partial charge in [-0.05, 0) is 43.0 Å². The second kappa shape index (κ2) is 5.93. The summed E-state index contributed by atoms with van der Waals surface area (Å²) in [5.74, 6) is 0.922. The molecule has 3 heteroatoms. The Hall–Kier alpha value is -1.06. The SMILES string of the molecule is CCOc1ccc(CN2CCC(C)(C)C(O)C2)cc1. The van der Waals surface area contributed by atoms with Crippen molar-refractivity contribution in [3.63, 3.8) is 0 Å². The normalized spacial score (nSPS) is 23.3. The zero-order valence-corrected chi connectivity index (χ0v) is 12.2. The molecular weight excluding hydrogens is 238 g/mol. The molecule has 1 N–H and O–H groups in total. The monoisotopic (exact) mass is 263 g/mol. The van der Waals surface area contributed by atoms with Crippen LogP contribution in [0.2, 0.25) is 0 Å². The van der Waals surface area contributed by atoms with E-state index in [0.717, 1.165) is 31.8 Å². The summed E-state index contributed by atoms with van der Waals surface area (Å²) >= 11 is 0. The third kappa shape index (κ3) is 3.71. The van der Waals surface area contributed by atoms with Crippen LogP contribution in [-0.2, 0) is 6.54 Å². The topological polar surface area (TPSA) is 32.7 Å². The van der Waals surface area contributed by atoms with Crippen molar-refractivity contribution in [2.24, 2.45) is 5.41 Å². The molecule has 0 aromatic heterocycles. The number of aliphatic hydroxyl groups is 1. The lowest BCUT2D eigenvalue weighted by molar-refractivity contribution is -0.0278. The smallest absolute Gasteiger partial charge is 0.119 e. The molecule has 1 aromatic rings. The van der Waals surface area contributed by atoms with Crippen LogP contribution in [0.4, 0.5) is 0 Å². The number of nitrogens with zero attached hydrogens (tertiary/aromatic N) is 1. The molecule has 0 aliphatic carbocycles. The van der Waals surface area contributed by atoms with E-state index in [9.17, 15) is 5.11 Å². The van der Waals surface area contributed by atoms with Crippen LogP contribution < -0.4 is 4.74 Å². The average Bonchev–Trinajstić information content (AvgIpc) is 2.37. The third-order valence-corrected chi connectivity index (χ3v) is 4.05. The predicted octanol–water partition coefficient (Wildman–Crippen LogP) is 2.68. The maximum Gasteiger partial charge on any atom is 0.119 e. The van der Waals surface area contributed by atoms with E-state index in [0.29, 0.717) is 6.61 Å². The average molecular weight is 263 g/mol. The molecule has 1 aromatic carbocycles. The number of hydrogen-bond acceptors (Lipinski definition) is 3. The van der Waals surface area contributed by atoms with Crippen molar-refractivity contribution in [1.29, 1.82) is 0 Å². The van der Waals surface area contributed by atoms with Gasteiger partial charge in [0, 0.05) is 13.1 Å². The van der Waals surface area contributed by atoms with Crippen LogP contribution in [-0.4, -0.2) is 35.8 Å². The van der Waals surface area contributed by atoms with Gasteiger partial charge in [0.05, 0.1) is 12.7 Å². The Morgan fingerprint density at radius 2 is 2.00 bits per heavy atom. The van der Waals surface area contributed by atoms with Gasteiger partial charge in [-0.2, -0.15) is 0 Å². The van der Waals surface area contributed by atoms with Gasteiger partial charge in [-0.25, -0.2) is 0 Å². The van der Waals surface area contributed by atoms with Gasteiger partial charge in [-0.3, -0.25) is 4.90 Å². The Morgan fingerprint density at radius 1 is 1.32 bits per heavy atom. The summed E-state index contributed by atoms with van der Waals surface area (Å²) in [6, 6.07) is 8.25. The lowest BCUT2D eigenvalue weighted by Gasteiger charge is -2.41. The zero-order valence-electron chi connectivity index (χ0n) is 12.2. The molecule has 19 heavy (non-hydrogen) atoms. The summed E-state index contributed by atoms with van der Waals surface area (Å²) in [6.07, 6.45) is 0.814. The largest absolute Gasteiger partial charge is 0.494 e. The van der Waals surface area contributed by atoms with E-state index in [4.69, 9.17) is 4.74 Å². The number of aliphatic hydroxyl groups excluding tert-OH is 1. The van der Waals surface area contributed by atoms with Crippen molar-refractivity contribution < 1.29 is 9.84 Å². The van der Waals surface area contributed by atoms with Crippen molar-refractivity contribution in [2.45, 2.75) is 39.8 Å². The molecule has 3 nitrogen and oxygen atoms in total. The fourth-order valence-corrected chi connectivity index (χ4v) is 2.46. The van der Waals surface area contributed by atoms with Crippen molar-refractivity contribution >= 4 is 0 Å². The molecule has 0 bridgehead atoms. The number of benzene rings is 1. The molecule has 0 spiro atoms. The molecule has 0 saturated carbocycles. The lowest BCUT2D eigenvalue weighted by atomic mass is 9.80. The molecule has 1 atom stereocenters. The molecule has 1 heterocycles. The van der Waals surface area contributed by atoms with Gasteiger partial charge in [-0.1, -0.05) is 26.0 Å². The maximum atomic E-state index is 10.1. The summed E-state index contributed by atoms with van der Waals surface area (Å²) in [5, 5.41) is 10.1. The van der Waals surface area contributed by atoms with E-state index in [2.05, 4.69) is 30.9 Å². The van der Waals surface area contributed by atoms with E-state index >= 15 is 0 Å². The molecule has 0 amide bonds. The van der Waals surface area contributed by atoms with Crippen molar-refractivity contribution in [3.8, 4) is 5.75 Å². The summed E-state index contributed by atoms with van der Waals surface area (Å²) in [4.78, 5) is 2.33. The first-order valence-electron chi connectivity index (χ1n) is 7.13. The second-order valence-corrected chi connectivity index (χ2v) is 6.07. The van der Waals surface area contributed by atoms with Crippen molar-refractivity contribution in [1.82, 2.24) is 4.90 Å². The Bertz CT molecular complexity index is 400. The minimum atomic E-state index is -0.232. The van der Waals surface area contributed by atoms with Crippen LogP contribution in [0.3, 0.4) is 0 Å². The number of β-amino-alcohol motifs (C(OH)–C–C–N with tert-alkyl or cyclic N) is 1. The second-order valence-electron chi connectivity index (χ2n) is 6.07. The Labute approximate surface area is 116 Å². The molecule has 1 unspecified atom stereocenters. The van der Waals surface area contributed by atoms with Gasteiger partial charge in [0.2, 0.25) is 0 Å². The van der Waals surface area contributed by atoms with Crippen molar-refractivity contribution in [3.05, 3.63) is 29.8 Å². The van der Waals surface area contributed by atoms with E-state index in [1.165, 1.54) is 5.56 Å². The molecule has 106 valence electrons. The van der Waals surface area contributed by atoms with Gasteiger partial charge in [0.25, 0.3) is 0 Å². The Kier molecular flexibility index (Phi) is 4.48. The maximum absolute atomic E-state index is 10.1. The van der Waals surface area contributed by atoms with E-state index in [-0.39, 0.29) is 11.5 Å². The van der Waals surface area contributed by atoms with E-state index in [1.807, 2.05) is 19.1 Å². The van der Waals surface area contributed by atoms with Crippen LogP contribution in [0.15, 0.2) is 24.3 Å². The highest BCUT2D eigenvalue weighted by Gasteiger charge is 2.33. The Morgan fingerprint density at radius 3 is 2.58 bits per heavy atom. The van der Waals surface area contributed by atoms with Gasteiger partial charge in [0.15, 0.2) is 0 Å². The summed E-state index contributed by atoms with van der Waals surface area (Å²) in [7, 11) is 0. The van der Waals surface area contributed by atoms with Crippen LogP contribution in [0, 0.1) is 5.41 Å². The molecule has 1 saturated heterocycles. The third-order valence-electron chi connectivity index (χ3n) is 4.05. The number of likely N-dealkylation sites (tertiary alicyclic amines) is 1. The highest BCUT2D eigenvalue weighted by atomic mass is 16.5. The predicted molar refractivity (Wildman–Crippen MR) is 77.3 cm³/mol. The van der Waals surface area contributed by atoms with Crippen LogP contribution in [0.5, 0.6) is 5.75 Å². The molecule has 1 fully saturated rings. The van der Waals surface area contributed by atoms with Crippen molar-refractivity contribution in [2.75, 3.05) is 19.7 Å². The van der Waals surface area contributed by atoms with Crippen LogP contribution >= 0.6 is 0 Å². The molecule has 1 aliphatic rings. The summed E-state index contributed by atoms with van der Waals surface area (Å²) in [6.45, 7) is 9.70. The summed E-state index contributed by atoms with van der Waals surface area (Å²) < 4.78 is 5.44. The standard InChI is InChI=1S/C16H25NO2/c1-4-19-14-7-5-13(6-8-14)11-17-10-9-16(2,3)15(18)12-17/h5-8,15,18H,4,9-12H2,1-3H3. The molecular formula is C16H25NO2. The van der Waals surface area contributed by atoms with E-state index in [1.54, 1.807) is 0 Å². The fraction of sp³-hybridized carbons (Fsp3) is 0.625. The van der Waals surface area contributed by atoms with E-state index < -0.39 is 0 Å². The molecule has 1 aliphatic heterocycles. The highest BCUT2D eigenvalue weighted by molar-refractivity contribution is 5.27. The quantitative estimate of drug-likeness (QED) is 0.906. The summed E-state index contributed by atoms with van der Waals surface area (Å²) in [5.41, 5.74) is 1.32. The minimum absolute atomic E-state index is 0.0509. The van der Waals surface area contributed by atoms with Gasteiger partial charge < -0.3 is 9.84 Å². The zero-order chi connectivity index (χ0) is 13.9. The highest BCUT2D eigenvalue weighted by Crippen LogP contribution is 2.30. The van der Waals surface area contributed by atoms with Crippen LogP contribution in [0.1, 0.15) is 32.8 Å². The van der Waals surface area contributed by atoms with Crippen LogP contribution in [0.25, 0.3) is 0 Å². The fourth-order valence-electron chi connectivity index (χ4n) is 2.46. The number of piperidine rings is 1. The molecule has 2 rings (SSSR count). The van der Waals surface area contributed by atoms with Gasteiger partial charge in [0.1, 0.15) is 5.75 Å². The minimum Gasteiger partial charge on any atom is -0.494 e. The first-order chi connectivity index (χ1) is 9.01. The number of hydrogen-bond donors (Lipinski definition) is 1. The Balaban J connectivity index is 1.91. The number of ether oxygens (including phenoxy) is 1. The first kappa shape index (κ1) is 14.4.